The zero-order valence-electron chi connectivity index (χ0n) is 11.4. The summed E-state index contributed by atoms with van der Waals surface area (Å²) in [5, 5.41) is 5.44. The van der Waals surface area contributed by atoms with Crippen molar-refractivity contribution in [3.63, 3.8) is 0 Å². The predicted octanol–water partition coefficient (Wildman–Crippen LogP) is 3.79. The minimum Gasteiger partial charge on any atom is -0.324 e. The van der Waals surface area contributed by atoms with Crippen LogP contribution in [0.15, 0.2) is 22.7 Å². The zero-order valence-corrected chi connectivity index (χ0v) is 12.9. The van der Waals surface area contributed by atoms with Crippen molar-refractivity contribution < 1.29 is 18.0 Å². The predicted molar refractivity (Wildman–Crippen MR) is 75.5 cm³/mol. The van der Waals surface area contributed by atoms with Gasteiger partial charge in [0, 0.05) is 10.2 Å². The number of nitrogens with one attached hydrogen (secondary N) is 2. The van der Waals surface area contributed by atoms with Gasteiger partial charge in [-0.1, -0.05) is 22.9 Å². The maximum absolute atomic E-state index is 12.7. The van der Waals surface area contributed by atoms with E-state index in [-0.39, 0.29) is 10.2 Å². The molecule has 2 N–H and O–H groups in total. The van der Waals surface area contributed by atoms with Gasteiger partial charge in [-0.2, -0.15) is 13.2 Å². The number of amides is 1. The number of rotatable bonds is 4. The second-order valence-corrected chi connectivity index (χ2v) is 5.75. The van der Waals surface area contributed by atoms with Crippen LogP contribution in [-0.2, 0) is 11.0 Å². The molecule has 0 spiro atoms. The van der Waals surface area contributed by atoms with Crippen LogP contribution in [-0.4, -0.2) is 18.0 Å². The summed E-state index contributed by atoms with van der Waals surface area (Å²) in [7, 11) is 0. The molecule has 0 fully saturated rings. The fraction of sp³-hybridized carbons (Fsp3) is 0.462. The van der Waals surface area contributed by atoms with Gasteiger partial charge in [0.05, 0.1) is 11.1 Å². The van der Waals surface area contributed by atoms with Crippen LogP contribution in [0.3, 0.4) is 0 Å². The first-order valence-electron chi connectivity index (χ1n) is 6.00. The Bertz CT molecular complexity index is 501. The van der Waals surface area contributed by atoms with Crippen molar-refractivity contribution in [2.75, 3.05) is 11.9 Å². The Morgan fingerprint density at radius 3 is 2.35 bits per heavy atom. The summed E-state index contributed by atoms with van der Waals surface area (Å²) < 4.78 is 38.3. The Balaban J connectivity index is 2.99. The van der Waals surface area contributed by atoms with Crippen molar-refractivity contribution in [2.24, 2.45) is 0 Å². The van der Waals surface area contributed by atoms with E-state index in [1.165, 1.54) is 6.07 Å². The molecule has 0 aliphatic carbocycles. The second-order valence-electron chi connectivity index (χ2n) is 4.84. The minimum atomic E-state index is -4.46. The number of anilines is 1. The third-order valence-corrected chi connectivity index (χ3v) is 3.13. The third kappa shape index (κ3) is 4.49. The number of hydrogen-bond donors (Lipinski definition) is 2. The van der Waals surface area contributed by atoms with Gasteiger partial charge in [-0.05, 0) is 38.6 Å². The van der Waals surface area contributed by atoms with E-state index in [9.17, 15) is 18.0 Å². The van der Waals surface area contributed by atoms with Crippen LogP contribution in [0.25, 0.3) is 0 Å². The van der Waals surface area contributed by atoms with E-state index in [0.717, 1.165) is 12.1 Å². The Kier molecular flexibility index (Phi) is 5.21. The number of benzene rings is 1. The first kappa shape index (κ1) is 17.0. The fourth-order valence-electron chi connectivity index (χ4n) is 1.64. The van der Waals surface area contributed by atoms with E-state index < -0.39 is 23.2 Å². The molecule has 0 aromatic heterocycles. The van der Waals surface area contributed by atoms with E-state index >= 15 is 0 Å². The lowest BCUT2D eigenvalue weighted by atomic mass is 10.0. The van der Waals surface area contributed by atoms with Gasteiger partial charge in [-0.15, -0.1) is 0 Å². The standard InChI is InChI=1S/C13H16BrF3N2O/c1-4-18-12(2,3)11(20)19-10-6-8(13(15,16)17)5-9(14)7-10/h5-7,18H,4H2,1-3H3,(H,19,20). The smallest absolute Gasteiger partial charge is 0.324 e. The topological polar surface area (TPSA) is 41.1 Å². The number of carbonyl (C=O) groups is 1. The van der Waals surface area contributed by atoms with Gasteiger partial charge >= 0.3 is 6.18 Å². The zero-order chi connectivity index (χ0) is 15.6. The summed E-state index contributed by atoms with van der Waals surface area (Å²) in [6.07, 6.45) is -4.46. The largest absolute Gasteiger partial charge is 0.416 e. The molecule has 112 valence electrons. The van der Waals surface area contributed by atoms with E-state index in [4.69, 9.17) is 0 Å². The van der Waals surface area contributed by atoms with Gasteiger partial charge in [0.1, 0.15) is 0 Å². The molecule has 3 nitrogen and oxygen atoms in total. The minimum absolute atomic E-state index is 0.0997. The van der Waals surface area contributed by atoms with Crippen molar-refractivity contribution in [1.82, 2.24) is 5.32 Å². The Labute approximate surface area is 124 Å². The van der Waals surface area contributed by atoms with Crippen LogP contribution in [0.2, 0.25) is 0 Å². The highest BCUT2D eigenvalue weighted by Gasteiger charge is 2.32. The van der Waals surface area contributed by atoms with Crippen LogP contribution < -0.4 is 10.6 Å². The monoisotopic (exact) mass is 352 g/mol. The Morgan fingerprint density at radius 1 is 1.25 bits per heavy atom. The number of alkyl halides is 3. The quantitative estimate of drug-likeness (QED) is 0.865. The van der Waals surface area contributed by atoms with Crippen LogP contribution in [0.1, 0.15) is 26.3 Å². The molecule has 0 radical (unpaired) electrons. The lowest BCUT2D eigenvalue weighted by molar-refractivity contribution is -0.137. The molecule has 1 amide bonds. The first-order valence-corrected chi connectivity index (χ1v) is 6.80. The molecule has 0 saturated heterocycles. The van der Waals surface area contributed by atoms with E-state index in [0.29, 0.717) is 6.54 Å². The lowest BCUT2D eigenvalue weighted by Gasteiger charge is -2.24. The van der Waals surface area contributed by atoms with Crippen molar-refractivity contribution in [3.8, 4) is 0 Å². The highest BCUT2D eigenvalue weighted by atomic mass is 79.9. The van der Waals surface area contributed by atoms with Crippen molar-refractivity contribution in [2.45, 2.75) is 32.5 Å². The van der Waals surface area contributed by atoms with E-state index in [2.05, 4.69) is 26.6 Å². The van der Waals surface area contributed by atoms with Crippen molar-refractivity contribution in [3.05, 3.63) is 28.2 Å². The highest BCUT2D eigenvalue weighted by molar-refractivity contribution is 9.10. The molecule has 1 rings (SSSR count). The van der Waals surface area contributed by atoms with E-state index in [1.54, 1.807) is 13.8 Å². The molecule has 0 heterocycles. The van der Waals surface area contributed by atoms with Gasteiger partial charge in [0.2, 0.25) is 5.91 Å². The maximum Gasteiger partial charge on any atom is 0.416 e. The average Bonchev–Trinajstić information content (AvgIpc) is 2.26. The number of hydrogen-bond acceptors (Lipinski definition) is 2. The summed E-state index contributed by atoms with van der Waals surface area (Å²) >= 11 is 3.01. The molecule has 0 aliphatic rings. The second kappa shape index (κ2) is 6.13. The van der Waals surface area contributed by atoms with Crippen LogP contribution in [0.4, 0.5) is 18.9 Å². The molecular weight excluding hydrogens is 337 g/mol. The van der Waals surface area contributed by atoms with Crippen molar-refractivity contribution in [1.29, 1.82) is 0 Å². The van der Waals surface area contributed by atoms with Gasteiger partial charge in [-0.3, -0.25) is 4.79 Å². The molecule has 1 aromatic carbocycles. The molecule has 7 heteroatoms. The Hall–Kier alpha value is -1.08. The lowest BCUT2D eigenvalue weighted by Crippen LogP contribution is -2.49. The summed E-state index contributed by atoms with van der Waals surface area (Å²) in [6, 6.07) is 3.30. The molecule has 1 aromatic rings. The van der Waals surface area contributed by atoms with Crippen LogP contribution in [0.5, 0.6) is 0 Å². The SMILES string of the molecule is CCNC(C)(C)C(=O)Nc1cc(Br)cc(C(F)(F)F)c1. The average molecular weight is 353 g/mol. The van der Waals surface area contributed by atoms with Crippen molar-refractivity contribution >= 4 is 27.5 Å². The maximum atomic E-state index is 12.7. The summed E-state index contributed by atoms with van der Waals surface area (Å²) in [6.45, 7) is 5.74. The first-order chi connectivity index (χ1) is 9.06. The number of likely N-dealkylation sites (N-methyl/N-ethyl adjacent to an activating group) is 1. The Morgan fingerprint density at radius 2 is 1.85 bits per heavy atom. The molecule has 0 atom stereocenters. The van der Waals surface area contributed by atoms with E-state index in [1.807, 2.05) is 6.92 Å². The third-order valence-electron chi connectivity index (χ3n) is 2.67. The van der Waals surface area contributed by atoms with Gasteiger partial charge in [-0.25, -0.2) is 0 Å². The molecule has 0 unspecified atom stereocenters. The molecule has 0 saturated carbocycles. The summed E-state index contributed by atoms with van der Waals surface area (Å²) in [5.41, 5.74) is -1.58. The van der Waals surface area contributed by atoms with Crippen LogP contribution >= 0.6 is 15.9 Å². The molecule has 20 heavy (non-hydrogen) atoms. The number of carbonyl (C=O) groups excluding carboxylic acids is 1. The van der Waals surface area contributed by atoms with Gasteiger partial charge in [0.25, 0.3) is 0 Å². The molecule has 0 aliphatic heterocycles. The van der Waals surface area contributed by atoms with Gasteiger partial charge in [0.15, 0.2) is 0 Å². The number of halogens is 4. The van der Waals surface area contributed by atoms with Crippen LogP contribution in [0, 0.1) is 0 Å². The fourth-order valence-corrected chi connectivity index (χ4v) is 2.13. The molecule has 0 bridgehead atoms. The normalized spacial score (nSPS) is 12.3. The highest BCUT2D eigenvalue weighted by Crippen LogP contribution is 2.33. The summed E-state index contributed by atoms with van der Waals surface area (Å²) in [5.74, 6) is -0.398. The summed E-state index contributed by atoms with van der Waals surface area (Å²) in [4.78, 5) is 12.0. The van der Waals surface area contributed by atoms with Gasteiger partial charge < -0.3 is 10.6 Å². The molecular formula is C13H16BrF3N2O.